The summed E-state index contributed by atoms with van der Waals surface area (Å²) in [4.78, 5) is 22.5. The number of nitrogens with zero attached hydrogens (tertiary/aromatic N) is 2. The van der Waals surface area contributed by atoms with E-state index in [1.54, 1.807) is 18.5 Å². The molecule has 0 spiro atoms. The van der Waals surface area contributed by atoms with Crippen LogP contribution in [0.25, 0.3) is 0 Å². The van der Waals surface area contributed by atoms with Crippen LogP contribution in [0.3, 0.4) is 0 Å². The van der Waals surface area contributed by atoms with Gasteiger partial charge in [0.1, 0.15) is 0 Å². The van der Waals surface area contributed by atoms with Gasteiger partial charge in [0.2, 0.25) is 5.95 Å². The maximum Gasteiger partial charge on any atom is 0.261 e. The average Bonchev–Trinajstić information content (AvgIpc) is 2.81. The zero-order valence-electron chi connectivity index (χ0n) is 8.57. The number of aromatic nitrogens is 3. The van der Waals surface area contributed by atoms with Crippen molar-refractivity contribution in [1.82, 2.24) is 15.0 Å². The number of H-pyrrole nitrogens is 1. The number of rotatable bonds is 3. The van der Waals surface area contributed by atoms with Gasteiger partial charge in [-0.3, -0.25) is 10.1 Å². The van der Waals surface area contributed by atoms with Crippen LogP contribution in [-0.2, 0) is 0 Å². The number of nitrogen functional groups attached to an aromatic ring is 1. The van der Waals surface area contributed by atoms with Crippen LogP contribution >= 0.6 is 15.9 Å². The van der Waals surface area contributed by atoms with Crippen molar-refractivity contribution in [2.45, 2.75) is 0 Å². The molecular formula is C9H9BrN6O. The SMILES string of the molecule is NNc1ncc(Br)cc1C(=O)Nc1ncc[nH]1. The Morgan fingerprint density at radius 3 is 2.94 bits per heavy atom. The summed E-state index contributed by atoms with van der Waals surface area (Å²) in [6.07, 6.45) is 4.69. The molecule has 2 rings (SSSR count). The van der Waals surface area contributed by atoms with Gasteiger partial charge in [-0.2, -0.15) is 0 Å². The van der Waals surface area contributed by atoms with E-state index in [4.69, 9.17) is 5.84 Å². The lowest BCUT2D eigenvalue weighted by atomic mass is 10.2. The molecule has 0 atom stereocenters. The lowest BCUT2D eigenvalue weighted by Gasteiger charge is -2.07. The quantitative estimate of drug-likeness (QED) is 0.501. The first-order valence-corrected chi connectivity index (χ1v) is 5.43. The Kier molecular flexibility index (Phi) is 3.35. The molecule has 0 aliphatic heterocycles. The molecule has 88 valence electrons. The molecule has 1 amide bonds. The number of hydrogen-bond acceptors (Lipinski definition) is 5. The fourth-order valence-corrected chi connectivity index (χ4v) is 1.57. The van der Waals surface area contributed by atoms with Crippen molar-refractivity contribution in [1.29, 1.82) is 0 Å². The van der Waals surface area contributed by atoms with Gasteiger partial charge >= 0.3 is 0 Å². The summed E-state index contributed by atoms with van der Waals surface area (Å²) in [6.45, 7) is 0. The molecule has 7 nitrogen and oxygen atoms in total. The minimum absolute atomic E-state index is 0.289. The fourth-order valence-electron chi connectivity index (χ4n) is 1.24. The second-order valence-corrected chi connectivity index (χ2v) is 4.00. The summed E-state index contributed by atoms with van der Waals surface area (Å²) in [6, 6.07) is 1.61. The highest BCUT2D eigenvalue weighted by molar-refractivity contribution is 9.10. The molecule has 8 heteroatoms. The third-order valence-electron chi connectivity index (χ3n) is 1.97. The van der Waals surface area contributed by atoms with E-state index in [9.17, 15) is 4.79 Å². The smallest absolute Gasteiger partial charge is 0.261 e. The van der Waals surface area contributed by atoms with Crippen molar-refractivity contribution >= 4 is 33.6 Å². The normalized spacial score (nSPS) is 10.0. The van der Waals surface area contributed by atoms with Crippen molar-refractivity contribution in [3.63, 3.8) is 0 Å². The number of carbonyl (C=O) groups excluding carboxylic acids is 1. The number of pyridine rings is 1. The number of imidazole rings is 1. The van der Waals surface area contributed by atoms with Crippen LogP contribution in [0.2, 0.25) is 0 Å². The molecule has 0 bridgehead atoms. The van der Waals surface area contributed by atoms with Gasteiger partial charge in [-0.25, -0.2) is 15.8 Å². The van der Waals surface area contributed by atoms with Gasteiger partial charge in [-0.15, -0.1) is 0 Å². The molecule has 0 radical (unpaired) electrons. The maximum atomic E-state index is 11.9. The van der Waals surface area contributed by atoms with Crippen molar-refractivity contribution in [3.8, 4) is 0 Å². The van der Waals surface area contributed by atoms with Gasteiger partial charge in [0.25, 0.3) is 5.91 Å². The number of hydrogen-bond donors (Lipinski definition) is 4. The number of carbonyl (C=O) groups is 1. The second-order valence-electron chi connectivity index (χ2n) is 3.09. The highest BCUT2D eigenvalue weighted by atomic mass is 79.9. The van der Waals surface area contributed by atoms with E-state index >= 15 is 0 Å². The van der Waals surface area contributed by atoms with E-state index in [1.807, 2.05) is 0 Å². The van der Waals surface area contributed by atoms with Gasteiger partial charge in [0.15, 0.2) is 5.82 Å². The van der Waals surface area contributed by atoms with Crippen molar-refractivity contribution < 1.29 is 4.79 Å². The Morgan fingerprint density at radius 1 is 1.47 bits per heavy atom. The minimum atomic E-state index is -0.360. The summed E-state index contributed by atoms with van der Waals surface area (Å²) in [7, 11) is 0. The van der Waals surface area contributed by atoms with Crippen LogP contribution in [0.1, 0.15) is 10.4 Å². The van der Waals surface area contributed by atoms with Crippen LogP contribution in [0.5, 0.6) is 0 Å². The summed E-state index contributed by atoms with van der Waals surface area (Å²) >= 11 is 3.24. The molecular weight excluding hydrogens is 288 g/mol. The first-order chi connectivity index (χ1) is 8.20. The molecule has 0 unspecified atom stereocenters. The zero-order valence-corrected chi connectivity index (χ0v) is 10.2. The maximum absolute atomic E-state index is 11.9. The molecule has 0 aromatic carbocycles. The zero-order chi connectivity index (χ0) is 12.3. The van der Waals surface area contributed by atoms with Gasteiger partial charge in [-0.05, 0) is 22.0 Å². The number of nitrogens with two attached hydrogens (primary N) is 1. The number of halogens is 1. The van der Waals surface area contributed by atoms with E-state index in [-0.39, 0.29) is 11.7 Å². The van der Waals surface area contributed by atoms with Crippen LogP contribution in [0, 0.1) is 0 Å². The van der Waals surface area contributed by atoms with Crippen molar-refractivity contribution in [2.24, 2.45) is 5.84 Å². The third kappa shape index (κ3) is 2.60. The monoisotopic (exact) mass is 296 g/mol. The molecule has 0 saturated heterocycles. The number of amides is 1. The highest BCUT2D eigenvalue weighted by Gasteiger charge is 2.13. The Hall–Kier alpha value is -1.93. The van der Waals surface area contributed by atoms with E-state index in [0.29, 0.717) is 16.0 Å². The molecule has 2 aromatic rings. The number of aromatic amines is 1. The first kappa shape index (κ1) is 11.6. The molecule has 0 saturated carbocycles. The van der Waals surface area contributed by atoms with E-state index in [0.717, 1.165) is 0 Å². The molecule has 0 aliphatic carbocycles. The van der Waals surface area contributed by atoms with Gasteiger partial charge in [-0.1, -0.05) is 0 Å². The Morgan fingerprint density at radius 2 is 2.29 bits per heavy atom. The Balaban J connectivity index is 2.26. The van der Waals surface area contributed by atoms with E-state index in [1.165, 1.54) is 6.20 Å². The van der Waals surface area contributed by atoms with Gasteiger partial charge < -0.3 is 10.4 Å². The van der Waals surface area contributed by atoms with Crippen molar-refractivity contribution in [3.05, 3.63) is 34.7 Å². The minimum Gasteiger partial charge on any atom is -0.331 e. The lowest BCUT2D eigenvalue weighted by Crippen LogP contribution is -2.19. The lowest BCUT2D eigenvalue weighted by molar-refractivity contribution is 0.102. The molecule has 5 N–H and O–H groups in total. The molecule has 0 aliphatic rings. The average molecular weight is 297 g/mol. The van der Waals surface area contributed by atoms with Crippen LogP contribution in [0.4, 0.5) is 11.8 Å². The molecule has 0 fully saturated rings. The molecule has 17 heavy (non-hydrogen) atoms. The van der Waals surface area contributed by atoms with Crippen LogP contribution < -0.4 is 16.6 Å². The van der Waals surface area contributed by atoms with E-state index < -0.39 is 0 Å². The van der Waals surface area contributed by atoms with Gasteiger partial charge in [0, 0.05) is 23.1 Å². The topological polar surface area (TPSA) is 109 Å². The number of hydrazine groups is 1. The van der Waals surface area contributed by atoms with Gasteiger partial charge in [0.05, 0.1) is 5.56 Å². The van der Waals surface area contributed by atoms with Crippen LogP contribution in [0.15, 0.2) is 29.1 Å². The third-order valence-corrected chi connectivity index (χ3v) is 2.40. The Labute approximate surface area is 105 Å². The highest BCUT2D eigenvalue weighted by Crippen LogP contribution is 2.18. The molecule has 2 heterocycles. The second kappa shape index (κ2) is 4.93. The number of anilines is 2. The molecule has 2 aromatic heterocycles. The van der Waals surface area contributed by atoms with E-state index in [2.05, 4.69) is 41.6 Å². The Bertz CT molecular complexity index is 526. The fraction of sp³-hybridized carbons (Fsp3) is 0. The predicted molar refractivity (Wildman–Crippen MR) is 66.3 cm³/mol. The summed E-state index contributed by atoms with van der Waals surface area (Å²) < 4.78 is 0.682. The van der Waals surface area contributed by atoms with Crippen LogP contribution in [-0.4, -0.2) is 20.9 Å². The summed E-state index contributed by atoms with van der Waals surface area (Å²) in [5.74, 6) is 5.57. The van der Waals surface area contributed by atoms with Crippen molar-refractivity contribution in [2.75, 3.05) is 10.7 Å². The standard InChI is InChI=1S/C9H9BrN6O/c10-5-3-6(7(16-11)14-4-5)8(17)15-9-12-1-2-13-9/h1-4H,11H2,(H,14,16)(H2,12,13,15,17). The predicted octanol–water partition coefficient (Wildman–Crippen LogP) is 1.11. The summed E-state index contributed by atoms with van der Waals surface area (Å²) in [5.41, 5.74) is 2.68. The largest absolute Gasteiger partial charge is 0.331 e. The number of nitrogens with one attached hydrogen (secondary N) is 3. The summed E-state index contributed by atoms with van der Waals surface area (Å²) in [5, 5.41) is 2.58. The first-order valence-electron chi connectivity index (χ1n) is 4.63.